The van der Waals surface area contributed by atoms with Gasteiger partial charge in [-0.2, -0.15) is 0 Å². The summed E-state index contributed by atoms with van der Waals surface area (Å²) in [5.41, 5.74) is 3.35. The van der Waals surface area contributed by atoms with Crippen LogP contribution in [0.4, 0.5) is 5.69 Å². The Labute approximate surface area is 108 Å². The highest BCUT2D eigenvalue weighted by Crippen LogP contribution is 2.26. The van der Waals surface area contributed by atoms with Crippen molar-refractivity contribution in [2.75, 3.05) is 25.1 Å². The molecule has 1 heterocycles. The molecule has 1 aromatic rings. The second-order valence-corrected chi connectivity index (χ2v) is 4.56. The minimum Gasteiger partial charge on any atom is -0.466 e. The summed E-state index contributed by atoms with van der Waals surface area (Å²) in [7, 11) is 1.41. The quantitative estimate of drug-likeness (QED) is 0.605. The van der Waals surface area contributed by atoms with Crippen LogP contribution < -0.4 is 4.90 Å². The van der Waals surface area contributed by atoms with Crippen LogP contribution in [0, 0.1) is 0 Å². The third-order valence-electron chi connectivity index (χ3n) is 3.33. The second-order valence-electron chi connectivity index (χ2n) is 4.56. The summed E-state index contributed by atoms with van der Waals surface area (Å²) in [6, 6.07) is 8.47. The number of fused-ring (bicyclic) bond motifs is 1. The minimum absolute atomic E-state index is 0.250. The third-order valence-corrected chi connectivity index (χ3v) is 3.33. The van der Waals surface area contributed by atoms with Crippen molar-refractivity contribution in [3.8, 4) is 0 Å². The van der Waals surface area contributed by atoms with Crippen LogP contribution in [-0.2, 0) is 16.0 Å². The maximum atomic E-state index is 11.3. The van der Waals surface area contributed by atoms with E-state index in [1.54, 1.807) is 6.92 Å². The number of carbonyl (C=O) groups is 1. The standard InChI is InChI=1S/C15H19NO2/c1-12(15(17)18-2)9-11-16-10-5-7-13-6-3-4-8-14(13)16/h3-4,6,8-9H,5,7,10-11H2,1-2H3. The number of esters is 1. The van der Waals surface area contributed by atoms with Gasteiger partial charge in [0.05, 0.1) is 7.11 Å². The van der Waals surface area contributed by atoms with E-state index >= 15 is 0 Å². The van der Waals surface area contributed by atoms with Gasteiger partial charge in [0.1, 0.15) is 0 Å². The van der Waals surface area contributed by atoms with Crippen LogP contribution in [0.5, 0.6) is 0 Å². The Hall–Kier alpha value is -1.77. The van der Waals surface area contributed by atoms with Crippen LogP contribution in [0.1, 0.15) is 18.9 Å². The summed E-state index contributed by atoms with van der Waals surface area (Å²) in [5.74, 6) is -0.250. The summed E-state index contributed by atoms with van der Waals surface area (Å²) in [6.45, 7) is 3.60. The highest BCUT2D eigenvalue weighted by Gasteiger charge is 2.15. The molecule has 18 heavy (non-hydrogen) atoms. The van der Waals surface area contributed by atoms with Gasteiger partial charge < -0.3 is 9.64 Å². The van der Waals surface area contributed by atoms with Crippen LogP contribution in [0.2, 0.25) is 0 Å². The first-order valence-corrected chi connectivity index (χ1v) is 6.30. The van der Waals surface area contributed by atoms with Crippen molar-refractivity contribution in [3.63, 3.8) is 0 Å². The Morgan fingerprint density at radius 3 is 3.00 bits per heavy atom. The largest absolute Gasteiger partial charge is 0.466 e. The van der Waals surface area contributed by atoms with Crippen LogP contribution in [0.3, 0.4) is 0 Å². The number of hydrogen-bond donors (Lipinski definition) is 0. The number of anilines is 1. The number of aryl methyl sites for hydroxylation is 1. The lowest BCUT2D eigenvalue weighted by Crippen LogP contribution is -2.29. The Morgan fingerprint density at radius 2 is 2.22 bits per heavy atom. The molecule has 0 amide bonds. The van der Waals surface area contributed by atoms with Crippen LogP contribution >= 0.6 is 0 Å². The van der Waals surface area contributed by atoms with Crippen LogP contribution in [0.25, 0.3) is 0 Å². The molecule has 0 fully saturated rings. The van der Waals surface area contributed by atoms with Crippen molar-refractivity contribution in [1.29, 1.82) is 0 Å². The highest BCUT2D eigenvalue weighted by atomic mass is 16.5. The monoisotopic (exact) mass is 245 g/mol. The maximum Gasteiger partial charge on any atom is 0.333 e. The molecule has 0 bridgehead atoms. The smallest absolute Gasteiger partial charge is 0.333 e. The molecule has 2 rings (SSSR count). The maximum absolute atomic E-state index is 11.3. The molecule has 0 aromatic heterocycles. The number of methoxy groups -OCH3 is 1. The van der Waals surface area contributed by atoms with E-state index in [4.69, 9.17) is 4.74 Å². The minimum atomic E-state index is -0.250. The van der Waals surface area contributed by atoms with Crippen LogP contribution in [-0.4, -0.2) is 26.2 Å². The van der Waals surface area contributed by atoms with Crippen molar-refractivity contribution >= 4 is 11.7 Å². The van der Waals surface area contributed by atoms with Crippen molar-refractivity contribution in [2.24, 2.45) is 0 Å². The lowest BCUT2D eigenvalue weighted by atomic mass is 10.0. The van der Waals surface area contributed by atoms with E-state index < -0.39 is 0 Å². The normalized spacial score (nSPS) is 15.2. The van der Waals surface area contributed by atoms with Gasteiger partial charge in [0.15, 0.2) is 0 Å². The zero-order valence-electron chi connectivity index (χ0n) is 11.0. The third kappa shape index (κ3) is 2.73. The van der Waals surface area contributed by atoms with Gasteiger partial charge in [-0.1, -0.05) is 24.3 Å². The predicted octanol–water partition coefficient (Wildman–Crippen LogP) is 2.56. The fraction of sp³-hybridized carbons (Fsp3) is 0.400. The first-order valence-electron chi connectivity index (χ1n) is 6.30. The van der Waals surface area contributed by atoms with E-state index in [1.165, 1.54) is 24.8 Å². The molecule has 0 saturated carbocycles. The van der Waals surface area contributed by atoms with Crippen molar-refractivity contribution in [1.82, 2.24) is 0 Å². The van der Waals surface area contributed by atoms with E-state index in [0.717, 1.165) is 19.5 Å². The Kier molecular flexibility index (Phi) is 4.03. The lowest BCUT2D eigenvalue weighted by molar-refractivity contribution is -0.136. The Balaban J connectivity index is 2.10. The number of para-hydroxylation sites is 1. The molecule has 0 atom stereocenters. The molecule has 0 radical (unpaired) electrons. The molecule has 0 unspecified atom stereocenters. The van der Waals surface area contributed by atoms with E-state index in [1.807, 2.05) is 6.08 Å². The predicted molar refractivity (Wildman–Crippen MR) is 72.7 cm³/mol. The first-order chi connectivity index (χ1) is 8.72. The van der Waals surface area contributed by atoms with Crippen LogP contribution in [0.15, 0.2) is 35.9 Å². The van der Waals surface area contributed by atoms with Gasteiger partial charge in [-0.25, -0.2) is 4.79 Å². The SMILES string of the molecule is COC(=O)C(C)=CCN1CCCc2ccccc21. The van der Waals surface area contributed by atoms with E-state index in [9.17, 15) is 4.79 Å². The Bertz CT molecular complexity index is 465. The summed E-state index contributed by atoms with van der Waals surface area (Å²) in [4.78, 5) is 13.6. The molecular formula is C15H19NO2. The zero-order chi connectivity index (χ0) is 13.0. The van der Waals surface area contributed by atoms with Crippen molar-refractivity contribution in [3.05, 3.63) is 41.5 Å². The molecule has 0 aliphatic carbocycles. The number of benzene rings is 1. The van der Waals surface area contributed by atoms with Gasteiger partial charge in [0.25, 0.3) is 0 Å². The average Bonchev–Trinajstić information content (AvgIpc) is 2.43. The molecule has 3 heteroatoms. The number of nitrogens with zero attached hydrogens (tertiary/aromatic N) is 1. The summed E-state index contributed by atoms with van der Waals surface area (Å²) in [5, 5.41) is 0. The molecule has 0 saturated heterocycles. The average molecular weight is 245 g/mol. The van der Waals surface area contributed by atoms with E-state index in [-0.39, 0.29) is 5.97 Å². The van der Waals surface area contributed by atoms with Gasteiger partial charge in [-0.3, -0.25) is 0 Å². The van der Waals surface area contributed by atoms with Crippen molar-refractivity contribution in [2.45, 2.75) is 19.8 Å². The van der Waals surface area contributed by atoms with E-state index in [2.05, 4.69) is 29.2 Å². The van der Waals surface area contributed by atoms with Gasteiger partial charge in [0.2, 0.25) is 0 Å². The fourth-order valence-electron chi connectivity index (χ4n) is 2.29. The molecule has 3 nitrogen and oxygen atoms in total. The van der Waals surface area contributed by atoms with Gasteiger partial charge >= 0.3 is 5.97 Å². The molecule has 96 valence electrons. The zero-order valence-corrected chi connectivity index (χ0v) is 11.0. The number of rotatable bonds is 3. The van der Waals surface area contributed by atoms with Gasteiger partial charge in [0, 0.05) is 24.4 Å². The van der Waals surface area contributed by atoms with Gasteiger partial charge in [-0.15, -0.1) is 0 Å². The molecule has 0 N–H and O–H groups in total. The summed E-state index contributed by atoms with van der Waals surface area (Å²) < 4.78 is 4.70. The topological polar surface area (TPSA) is 29.5 Å². The molecule has 1 aliphatic heterocycles. The first kappa shape index (κ1) is 12.7. The molecular weight excluding hydrogens is 226 g/mol. The highest BCUT2D eigenvalue weighted by molar-refractivity contribution is 5.87. The van der Waals surface area contributed by atoms with Gasteiger partial charge in [-0.05, 0) is 31.4 Å². The van der Waals surface area contributed by atoms with Crippen molar-refractivity contribution < 1.29 is 9.53 Å². The Morgan fingerprint density at radius 1 is 1.44 bits per heavy atom. The number of carbonyl (C=O) groups excluding carboxylic acids is 1. The molecule has 1 aromatic carbocycles. The second kappa shape index (κ2) is 5.71. The summed E-state index contributed by atoms with van der Waals surface area (Å²) >= 11 is 0. The lowest BCUT2D eigenvalue weighted by Gasteiger charge is -2.30. The fourth-order valence-corrected chi connectivity index (χ4v) is 2.29. The molecule has 1 aliphatic rings. The summed E-state index contributed by atoms with van der Waals surface area (Å²) in [6.07, 6.45) is 4.25. The van der Waals surface area contributed by atoms with E-state index in [0.29, 0.717) is 5.57 Å². The number of ether oxygens (including phenoxy) is 1. The molecule has 0 spiro atoms. The number of hydrogen-bond acceptors (Lipinski definition) is 3.